The highest BCUT2D eigenvalue weighted by atomic mass is 35.5. The maximum Gasteiger partial charge on any atom is 0.417 e. The average Bonchev–Trinajstić information content (AvgIpc) is 1.76. The van der Waals surface area contributed by atoms with E-state index in [0.29, 0.717) is 44.9 Å². The predicted molar refractivity (Wildman–Crippen MR) is 388 cm³/mol. The van der Waals surface area contributed by atoms with E-state index in [1.54, 1.807) is 20.8 Å². The number of nitrogens with zero attached hydrogens (tertiary/aromatic N) is 9. The van der Waals surface area contributed by atoms with Gasteiger partial charge in [-0.2, -0.15) is 26.3 Å². The molecule has 604 valence electrons. The van der Waals surface area contributed by atoms with Crippen LogP contribution in [-0.2, 0) is 87.5 Å². The molecule has 6 fully saturated rings. The van der Waals surface area contributed by atoms with Crippen LogP contribution in [0, 0.1) is 17.8 Å². The molecule has 11 atom stereocenters. The second-order valence-electron chi connectivity index (χ2n) is 30.8. The molecule has 6 aliphatic rings. The molecule has 33 heteroatoms. The van der Waals surface area contributed by atoms with Crippen molar-refractivity contribution in [3.05, 3.63) is 69.7 Å². The summed E-state index contributed by atoms with van der Waals surface area (Å²) >= 11 is 6.15. The number of morpholine rings is 1. The molecule has 0 aromatic heterocycles. The molecule has 1 spiro atoms. The highest BCUT2D eigenvalue weighted by molar-refractivity contribution is 6.31. The molecule has 0 bridgehead atoms. The van der Waals surface area contributed by atoms with Crippen LogP contribution in [0.15, 0.2) is 42.5 Å². The second-order valence-corrected chi connectivity index (χ2v) is 31.2. The third kappa shape index (κ3) is 20.3. The molecule has 1 unspecified atom stereocenters. The Labute approximate surface area is 637 Å². The largest absolute Gasteiger partial charge is 0.417 e. The Bertz CT molecular complexity index is 3650. The van der Waals surface area contributed by atoms with Gasteiger partial charge in [0.1, 0.15) is 59.9 Å². The zero-order valence-corrected chi connectivity index (χ0v) is 64.9. The monoisotopic (exact) mass is 1560 g/mol. The lowest BCUT2D eigenvalue weighted by Crippen LogP contribution is -2.65. The lowest BCUT2D eigenvalue weighted by molar-refractivity contribution is -0.161. The number of aliphatic hydroxyl groups excluding tert-OH is 1. The number of hydrogen-bond acceptors (Lipinski definition) is 14. The zero-order chi connectivity index (χ0) is 80.5. The van der Waals surface area contributed by atoms with Gasteiger partial charge in [-0.1, -0.05) is 96.5 Å². The minimum atomic E-state index is -4.84. The highest BCUT2D eigenvalue weighted by Crippen LogP contribution is 2.39. The smallest absolute Gasteiger partial charge is 0.391 e. The molecule has 0 radical (unpaired) electrons. The molecule has 4 aliphatic heterocycles. The van der Waals surface area contributed by atoms with Crippen LogP contribution >= 0.6 is 11.6 Å². The molecular weight excluding hydrogens is 1450 g/mol. The van der Waals surface area contributed by atoms with Crippen molar-refractivity contribution in [2.75, 3.05) is 87.7 Å². The molecule has 2 saturated carbocycles. The summed E-state index contributed by atoms with van der Waals surface area (Å²) in [7, 11) is 6.74. The Morgan fingerprint density at radius 3 is 1.89 bits per heavy atom. The molecular formula is C76H107ClF6N12O14. The van der Waals surface area contributed by atoms with Gasteiger partial charge in [-0.25, -0.2) is 0 Å². The Hall–Kier alpha value is -8.13. The maximum atomic E-state index is 15.8. The molecule has 2 aromatic carbocycles. The van der Waals surface area contributed by atoms with Crippen LogP contribution in [0.5, 0.6) is 0 Å². The average molecular weight is 1560 g/mol. The standard InChI is InChI=1S/C76H107ClF6N12O14/c1-12-31-93-59(39-48-20-24-50(25-21-48)75(78,79)80)68(103)87(7)43-60(97)84-54(27-23-47-22-26-52(53(77)38-47)76(81,82)83)67(102)95-42-51(96)40-57(95)65(100)86-74(29-16-17-30-74)73(108)91(11)63(49-18-14-15-19-49)72(107)90(10)58(69(104)92-33-35-109-36-34-92)41-61(98)89(9)56(37-44(3)4)64(99)85-62(45(5)13-2)71(106)88(8)46(6)66(101)94-32-28-55(94)70(93)105/h20-22,24-26,38,44-46,49,51,54-59,62-63,96H,12-19,23,27-37,39-43H2,1-11H3,(H,84,97)(H,85,99)(H,86,100)/t45-,46-,51-,54-,55-,56-,57-,58-,59-,62?,63-/m0/s1. The first-order chi connectivity index (χ1) is 51.2. The molecule has 109 heavy (non-hydrogen) atoms. The Morgan fingerprint density at radius 2 is 1.32 bits per heavy atom. The van der Waals surface area contributed by atoms with E-state index in [1.165, 1.54) is 71.6 Å². The summed E-state index contributed by atoms with van der Waals surface area (Å²) in [5.41, 5.74) is -3.58. The predicted octanol–water partition coefficient (Wildman–Crippen LogP) is 5.45. The van der Waals surface area contributed by atoms with Gasteiger partial charge in [0.25, 0.3) is 0 Å². The van der Waals surface area contributed by atoms with Crippen molar-refractivity contribution < 1.29 is 93.7 Å². The number of nitrogens with one attached hydrogen (secondary N) is 3. The van der Waals surface area contributed by atoms with Gasteiger partial charge in [0.2, 0.25) is 70.9 Å². The van der Waals surface area contributed by atoms with E-state index in [9.17, 15) is 41.0 Å². The summed E-state index contributed by atoms with van der Waals surface area (Å²) in [6.07, 6.45) is -9.24. The minimum Gasteiger partial charge on any atom is -0.391 e. The van der Waals surface area contributed by atoms with E-state index in [2.05, 4.69) is 16.0 Å². The van der Waals surface area contributed by atoms with Gasteiger partial charge in [-0.05, 0) is 118 Å². The number of likely N-dealkylation sites (N-methyl/N-ethyl adjacent to an activating group) is 5. The van der Waals surface area contributed by atoms with E-state index in [1.807, 2.05) is 13.8 Å². The molecule has 2 aliphatic carbocycles. The molecule has 2 aromatic rings. The second kappa shape index (κ2) is 36.8. The third-order valence-electron chi connectivity index (χ3n) is 22.8. The van der Waals surface area contributed by atoms with Gasteiger partial charge in [0, 0.05) is 80.8 Å². The first kappa shape index (κ1) is 86.5. The lowest BCUT2D eigenvalue weighted by atomic mass is 9.90. The third-order valence-corrected chi connectivity index (χ3v) is 23.1. The van der Waals surface area contributed by atoms with E-state index in [4.69, 9.17) is 16.3 Å². The minimum absolute atomic E-state index is 0.00298. The Balaban J connectivity index is 1.22. The van der Waals surface area contributed by atoms with Crippen LogP contribution in [0.2, 0.25) is 5.02 Å². The van der Waals surface area contributed by atoms with Crippen LogP contribution in [0.4, 0.5) is 26.3 Å². The van der Waals surface area contributed by atoms with Crippen molar-refractivity contribution in [1.29, 1.82) is 0 Å². The van der Waals surface area contributed by atoms with Crippen LogP contribution in [0.1, 0.15) is 160 Å². The lowest BCUT2D eigenvalue weighted by Gasteiger charge is -2.46. The van der Waals surface area contributed by atoms with Crippen molar-refractivity contribution in [1.82, 2.24) is 60.0 Å². The number of halogens is 7. The first-order valence-corrected chi connectivity index (χ1v) is 38.3. The molecule has 4 saturated heterocycles. The molecule has 4 N–H and O–H groups in total. The van der Waals surface area contributed by atoms with Crippen molar-refractivity contribution >= 4 is 82.5 Å². The van der Waals surface area contributed by atoms with Crippen LogP contribution in [0.3, 0.4) is 0 Å². The number of amides is 12. The molecule has 8 rings (SSSR count). The summed E-state index contributed by atoms with van der Waals surface area (Å²) in [5, 5.41) is 19.2. The van der Waals surface area contributed by atoms with Gasteiger partial charge >= 0.3 is 12.4 Å². The topological polar surface area (TPSA) is 300 Å². The number of ether oxygens (including phenoxy) is 1. The van der Waals surface area contributed by atoms with E-state index >= 15 is 47.9 Å². The van der Waals surface area contributed by atoms with Gasteiger partial charge in [-0.15, -0.1) is 0 Å². The fourth-order valence-corrected chi connectivity index (χ4v) is 16.2. The number of aliphatic hydroxyl groups is 1. The van der Waals surface area contributed by atoms with Gasteiger partial charge in [0.05, 0.1) is 48.4 Å². The summed E-state index contributed by atoms with van der Waals surface area (Å²) in [5.74, 6) is -10.8. The number of hydrogen-bond donors (Lipinski definition) is 4. The van der Waals surface area contributed by atoms with Gasteiger partial charge in [0.15, 0.2) is 0 Å². The van der Waals surface area contributed by atoms with Crippen LogP contribution < -0.4 is 16.0 Å². The van der Waals surface area contributed by atoms with E-state index in [0.717, 1.165) is 57.2 Å². The van der Waals surface area contributed by atoms with Crippen LogP contribution in [-0.4, -0.2) is 274 Å². The SMILES string of the molecule is CCCN1C(=O)[C@@H]2CCN2C(=O)[C@H](C)N(C)C(=O)C([C@@H](C)CC)NC(=O)[C@H](CC(C)C)N(C)C(=O)C[C@@H](C(=O)N2CCOCC2)N(C)C(=O)[C@H](C2CCCC2)N(C)C(=O)C2(CCCC2)NC(=O)[C@@H]2C[C@H](O)CN2C(=O)[C@H](CCc2ccc(C(F)(F)F)c(Cl)c2)NC(=O)CN(C)C(=O)[C@@H]1Cc1ccc(C(F)(F)F)cc1. The van der Waals surface area contributed by atoms with Gasteiger partial charge in [-0.3, -0.25) is 57.5 Å². The fourth-order valence-electron chi connectivity index (χ4n) is 15.9. The number of benzene rings is 2. The number of alkyl halides is 6. The molecule has 26 nitrogen and oxygen atoms in total. The summed E-state index contributed by atoms with van der Waals surface area (Å²) in [6.45, 7) is 9.22. The maximum absolute atomic E-state index is 15.8. The first-order valence-electron chi connectivity index (χ1n) is 38.0. The van der Waals surface area contributed by atoms with Crippen molar-refractivity contribution in [3.8, 4) is 0 Å². The molecule has 4 heterocycles. The number of fused-ring (bicyclic) bond motifs is 2. The number of aryl methyl sites for hydroxylation is 1. The number of rotatable bonds is 13. The highest BCUT2D eigenvalue weighted by Gasteiger charge is 2.53. The van der Waals surface area contributed by atoms with E-state index in [-0.39, 0.29) is 101 Å². The number of carbonyl (C=O) groups is 12. The number of carbonyl (C=O) groups excluding carboxylic acids is 12. The Morgan fingerprint density at radius 1 is 0.688 bits per heavy atom. The van der Waals surface area contributed by atoms with E-state index < -0.39 is 210 Å². The summed E-state index contributed by atoms with van der Waals surface area (Å²) in [6, 6.07) is -6.03. The summed E-state index contributed by atoms with van der Waals surface area (Å²) in [4.78, 5) is 193. The normalized spacial score (nSPS) is 27.2. The van der Waals surface area contributed by atoms with Crippen molar-refractivity contribution in [2.24, 2.45) is 17.8 Å². The zero-order valence-electron chi connectivity index (χ0n) is 64.1. The van der Waals surface area contributed by atoms with Crippen molar-refractivity contribution in [2.45, 2.75) is 229 Å². The van der Waals surface area contributed by atoms with Crippen molar-refractivity contribution in [3.63, 3.8) is 0 Å². The summed E-state index contributed by atoms with van der Waals surface area (Å²) < 4.78 is 89.4. The quantitative estimate of drug-likeness (QED) is 0.181. The van der Waals surface area contributed by atoms with Crippen LogP contribution in [0.25, 0.3) is 0 Å². The fraction of sp³-hybridized carbons (Fsp3) is 0.684. The Kier molecular flexibility index (Phi) is 29.2. The van der Waals surface area contributed by atoms with Gasteiger partial charge < -0.3 is 69.9 Å². The molecule has 12 amide bonds.